The molecule has 2 aliphatic rings. The number of aliphatic hydroxyl groups is 1. The molecule has 4 rings (SSSR count). The number of halogens is 1. The number of likely N-dealkylation sites (N-methyl/N-ethyl adjacent to an activating group) is 1. The lowest BCUT2D eigenvalue weighted by Crippen LogP contribution is -2.71. The number of hydrogen-bond acceptors (Lipinski definition) is 6. The molecule has 1 unspecified atom stereocenters. The molecule has 0 radical (unpaired) electrons. The van der Waals surface area contributed by atoms with E-state index in [2.05, 4.69) is 15.6 Å². The van der Waals surface area contributed by atoms with Crippen LogP contribution in [0.25, 0.3) is 11.1 Å². The van der Waals surface area contributed by atoms with E-state index in [1.54, 1.807) is 32.2 Å². The fraction of sp³-hybridized carbons (Fsp3) is 0.375. The van der Waals surface area contributed by atoms with Gasteiger partial charge in [-0.15, -0.1) is 11.3 Å². The summed E-state index contributed by atoms with van der Waals surface area (Å²) < 4.78 is 13.9. The van der Waals surface area contributed by atoms with Crippen LogP contribution in [0.5, 0.6) is 0 Å². The second kappa shape index (κ2) is 5.06. The van der Waals surface area contributed by atoms with Crippen LogP contribution >= 0.6 is 11.3 Å². The third kappa shape index (κ3) is 2.11. The second-order valence-electron chi connectivity index (χ2n) is 6.38. The molecule has 2 aromatic rings. The SMILES string of the molecule is CN1C(=O)[C@H](O)[C@@](C)(c2cc(-c3cccnc3F)cs2)NC12CN2. The first-order valence-electron chi connectivity index (χ1n) is 7.57. The first-order chi connectivity index (χ1) is 11.4. The highest BCUT2D eigenvalue weighted by molar-refractivity contribution is 7.10. The van der Waals surface area contributed by atoms with Crippen molar-refractivity contribution in [2.75, 3.05) is 13.6 Å². The van der Waals surface area contributed by atoms with Crippen LogP contribution in [0, 0.1) is 5.95 Å². The highest BCUT2D eigenvalue weighted by atomic mass is 32.1. The van der Waals surface area contributed by atoms with Crippen molar-refractivity contribution in [3.05, 3.63) is 40.6 Å². The average molecular weight is 348 g/mol. The van der Waals surface area contributed by atoms with Gasteiger partial charge in [0.15, 0.2) is 11.9 Å². The quantitative estimate of drug-likeness (QED) is 0.553. The van der Waals surface area contributed by atoms with Crippen molar-refractivity contribution in [2.24, 2.45) is 0 Å². The Balaban J connectivity index is 1.73. The van der Waals surface area contributed by atoms with E-state index in [1.165, 1.54) is 22.4 Å². The van der Waals surface area contributed by atoms with Gasteiger partial charge in [-0.25, -0.2) is 4.98 Å². The molecule has 6 nitrogen and oxygen atoms in total. The Morgan fingerprint density at radius 3 is 2.96 bits per heavy atom. The zero-order valence-corrected chi connectivity index (χ0v) is 14.0. The third-order valence-electron chi connectivity index (χ3n) is 4.84. The Morgan fingerprint density at radius 1 is 1.54 bits per heavy atom. The molecular formula is C16H17FN4O2S. The van der Waals surface area contributed by atoms with E-state index in [9.17, 15) is 14.3 Å². The fourth-order valence-corrected chi connectivity index (χ4v) is 4.21. The van der Waals surface area contributed by atoms with E-state index < -0.39 is 23.4 Å². The summed E-state index contributed by atoms with van der Waals surface area (Å²) in [5, 5.41) is 18.9. The number of pyridine rings is 1. The summed E-state index contributed by atoms with van der Waals surface area (Å²) in [7, 11) is 1.66. The summed E-state index contributed by atoms with van der Waals surface area (Å²) in [5.41, 5.74) is 0.130. The van der Waals surface area contributed by atoms with Crippen LogP contribution < -0.4 is 10.6 Å². The maximum Gasteiger partial charge on any atom is 0.255 e. The minimum atomic E-state index is -1.22. The molecule has 126 valence electrons. The molecule has 2 aliphatic heterocycles. The molecule has 2 fully saturated rings. The smallest absolute Gasteiger partial charge is 0.255 e. The summed E-state index contributed by atoms with van der Waals surface area (Å²) in [6.07, 6.45) is 0.178. The minimum Gasteiger partial charge on any atom is -0.381 e. The maximum absolute atomic E-state index is 13.9. The van der Waals surface area contributed by atoms with Crippen molar-refractivity contribution in [3.63, 3.8) is 0 Å². The standard InChI is InChI=1S/C16H17FN4O2S/c1-15(12(22)14(23)21(2)16(20-15)8-19-16)11-6-9(7-24-11)10-4-3-5-18-13(10)17/h3-7,12,19-20,22H,8H2,1-2H3/t12-,15+,16?/m0/s1. The molecule has 0 saturated carbocycles. The first kappa shape index (κ1) is 15.6. The lowest BCUT2D eigenvalue weighted by Gasteiger charge is -2.46. The Kier molecular flexibility index (Phi) is 3.30. The van der Waals surface area contributed by atoms with Gasteiger partial charge >= 0.3 is 0 Å². The van der Waals surface area contributed by atoms with Crippen molar-refractivity contribution in [1.29, 1.82) is 0 Å². The number of nitrogens with zero attached hydrogens (tertiary/aromatic N) is 2. The highest BCUT2D eigenvalue weighted by Gasteiger charge is 2.61. The van der Waals surface area contributed by atoms with E-state index in [0.29, 0.717) is 17.7 Å². The van der Waals surface area contributed by atoms with E-state index in [-0.39, 0.29) is 5.91 Å². The number of nitrogens with one attached hydrogen (secondary N) is 2. The molecule has 0 aromatic carbocycles. The molecular weight excluding hydrogens is 331 g/mol. The summed E-state index contributed by atoms with van der Waals surface area (Å²) in [5.74, 6) is -1.50. The van der Waals surface area contributed by atoms with Gasteiger partial charge in [0.2, 0.25) is 5.95 Å². The van der Waals surface area contributed by atoms with Crippen LogP contribution in [0.1, 0.15) is 11.8 Å². The van der Waals surface area contributed by atoms with Gasteiger partial charge in [0.05, 0.1) is 5.54 Å². The van der Waals surface area contributed by atoms with Crippen LogP contribution in [0.2, 0.25) is 0 Å². The number of carbonyl (C=O) groups excluding carboxylic acids is 1. The van der Waals surface area contributed by atoms with Gasteiger partial charge in [0, 0.05) is 30.2 Å². The van der Waals surface area contributed by atoms with Crippen molar-refractivity contribution >= 4 is 17.2 Å². The fourth-order valence-electron chi connectivity index (χ4n) is 3.16. The number of rotatable bonds is 2. The molecule has 4 heterocycles. The zero-order valence-electron chi connectivity index (χ0n) is 13.2. The van der Waals surface area contributed by atoms with Crippen molar-refractivity contribution < 1.29 is 14.3 Å². The first-order valence-corrected chi connectivity index (χ1v) is 8.45. The predicted molar refractivity (Wildman–Crippen MR) is 87.5 cm³/mol. The van der Waals surface area contributed by atoms with Crippen LogP contribution in [0.4, 0.5) is 4.39 Å². The number of hydrogen-bond donors (Lipinski definition) is 3. The van der Waals surface area contributed by atoms with Crippen molar-refractivity contribution in [2.45, 2.75) is 24.4 Å². The lowest BCUT2D eigenvalue weighted by atomic mass is 9.88. The lowest BCUT2D eigenvalue weighted by molar-refractivity contribution is -0.157. The molecule has 3 N–H and O–H groups in total. The van der Waals surface area contributed by atoms with Gasteiger partial charge < -0.3 is 10.0 Å². The van der Waals surface area contributed by atoms with Gasteiger partial charge in [0.25, 0.3) is 5.91 Å². The molecule has 2 aromatic heterocycles. The highest BCUT2D eigenvalue weighted by Crippen LogP contribution is 2.41. The molecule has 8 heteroatoms. The Hall–Kier alpha value is -1.87. The van der Waals surface area contributed by atoms with Gasteiger partial charge in [-0.3, -0.25) is 15.4 Å². The van der Waals surface area contributed by atoms with E-state index >= 15 is 0 Å². The van der Waals surface area contributed by atoms with E-state index in [1.807, 2.05) is 5.38 Å². The molecule has 1 amide bonds. The largest absolute Gasteiger partial charge is 0.381 e. The normalized spacial score (nSPS) is 32.4. The number of aliphatic hydroxyl groups excluding tert-OH is 1. The number of aromatic nitrogens is 1. The van der Waals surface area contributed by atoms with Gasteiger partial charge in [-0.2, -0.15) is 4.39 Å². The van der Waals surface area contributed by atoms with Gasteiger partial charge in [0.1, 0.15) is 0 Å². The average Bonchev–Trinajstić information content (AvgIpc) is 3.16. The van der Waals surface area contributed by atoms with Crippen molar-refractivity contribution in [1.82, 2.24) is 20.5 Å². The topological polar surface area (TPSA) is 87.4 Å². The van der Waals surface area contributed by atoms with Crippen molar-refractivity contribution in [3.8, 4) is 11.1 Å². The summed E-state index contributed by atoms with van der Waals surface area (Å²) in [6, 6.07) is 5.13. The van der Waals surface area contributed by atoms with Gasteiger partial charge in [-0.05, 0) is 36.1 Å². The Morgan fingerprint density at radius 2 is 2.29 bits per heavy atom. The monoisotopic (exact) mass is 348 g/mol. The Bertz CT molecular complexity index is 822. The molecule has 0 aliphatic carbocycles. The van der Waals surface area contributed by atoms with Crippen LogP contribution in [0.15, 0.2) is 29.8 Å². The summed E-state index contributed by atoms with van der Waals surface area (Å²) in [6.45, 7) is 2.41. The Labute approximate surface area is 142 Å². The number of amides is 1. The summed E-state index contributed by atoms with van der Waals surface area (Å²) in [4.78, 5) is 18.4. The molecule has 24 heavy (non-hydrogen) atoms. The predicted octanol–water partition coefficient (Wildman–Crippen LogP) is 0.844. The minimum absolute atomic E-state index is 0.344. The van der Waals surface area contributed by atoms with Gasteiger partial charge in [-0.1, -0.05) is 0 Å². The van der Waals surface area contributed by atoms with E-state index in [0.717, 1.165) is 4.88 Å². The number of carbonyl (C=O) groups is 1. The van der Waals surface area contributed by atoms with Crippen LogP contribution in [-0.2, 0) is 10.3 Å². The molecule has 0 bridgehead atoms. The zero-order chi connectivity index (χ0) is 17.1. The summed E-state index contributed by atoms with van der Waals surface area (Å²) >= 11 is 1.38. The second-order valence-corrected chi connectivity index (χ2v) is 7.29. The van der Waals surface area contributed by atoms with Crippen LogP contribution in [-0.4, -0.2) is 46.4 Å². The van der Waals surface area contributed by atoms with E-state index in [4.69, 9.17) is 0 Å². The van der Waals surface area contributed by atoms with Crippen LogP contribution in [0.3, 0.4) is 0 Å². The third-order valence-corrected chi connectivity index (χ3v) is 6.01. The molecule has 3 atom stereocenters. The number of thiophene rings is 1. The molecule has 1 spiro atoms. The molecule has 2 saturated heterocycles. The maximum atomic E-state index is 13.9.